The Bertz CT molecular complexity index is 502. The van der Waals surface area contributed by atoms with Crippen molar-refractivity contribution in [1.82, 2.24) is 10.2 Å². The van der Waals surface area contributed by atoms with E-state index in [9.17, 15) is 4.79 Å². The molecule has 3 unspecified atom stereocenters. The second-order valence-corrected chi connectivity index (χ2v) is 7.16. The summed E-state index contributed by atoms with van der Waals surface area (Å²) in [6, 6.07) is 9.00. The predicted molar refractivity (Wildman–Crippen MR) is 87.2 cm³/mol. The quantitative estimate of drug-likeness (QED) is 0.869. The first-order valence-corrected chi connectivity index (χ1v) is 9.10. The summed E-state index contributed by atoms with van der Waals surface area (Å²) in [5.74, 6) is 0.990. The summed E-state index contributed by atoms with van der Waals surface area (Å²) in [5.41, 5.74) is 1.21. The van der Waals surface area contributed by atoms with E-state index in [0.717, 1.165) is 18.8 Å². The third-order valence-corrected chi connectivity index (χ3v) is 5.49. The first-order valence-electron chi connectivity index (χ1n) is 7.87. The second kappa shape index (κ2) is 6.41. The Kier molecular flexibility index (Phi) is 4.55. The van der Waals surface area contributed by atoms with E-state index in [1.165, 1.54) is 23.3 Å². The highest BCUT2D eigenvalue weighted by Gasteiger charge is 2.38. The summed E-state index contributed by atoms with van der Waals surface area (Å²) in [4.78, 5) is 15.7. The van der Waals surface area contributed by atoms with E-state index in [0.29, 0.717) is 12.6 Å². The van der Waals surface area contributed by atoms with Gasteiger partial charge >= 0.3 is 0 Å². The predicted octanol–water partition coefficient (Wildman–Crippen LogP) is 3.42. The highest BCUT2D eigenvalue weighted by atomic mass is 32.2. The summed E-state index contributed by atoms with van der Waals surface area (Å²) < 4.78 is 0. The normalized spacial score (nSPS) is 29.9. The molecule has 3 nitrogen and oxygen atoms in total. The Labute approximate surface area is 131 Å². The summed E-state index contributed by atoms with van der Waals surface area (Å²) in [7, 11) is 0. The molecule has 1 saturated heterocycles. The van der Waals surface area contributed by atoms with Crippen molar-refractivity contribution in [2.75, 3.05) is 12.8 Å². The van der Waals surface area contributed by atoms with Gasteiger partial charge in [-0.3, -0.25) is 10.1 Å². The Morgan fingerprint density at radius 1 is 1.24 bits per heavy atom. The Morgan fingerprint density at radius 2 is 2.00 bits per heavy atom. The van der Waals surface area contributed by atoms with Crippen LogP contribution in [0.5, 0.6) is 0 Å². The highest BCUT2D eigenvalue weighted by Crippen LogP contribution is 2.34. The number of nitrogens with one attached hydrogen (secondary N) is 1. The van der Waals surface area contributed by atoms with Gasteiger partial charge in [-0.2, -0.15) is 0 Å². The van der Waals surface area contributed by atoms with Crippen molar-refractivity contribution in [3.8, 4) is 0 Å². The maximum atomic E-state index is 12.3. The monoisotopic (exact) mass is 304 g/mol. The number of thioether (sulfide) groups is 1. The van der Waals surface area contributed by atoms with Crippen LogP contribution in [0, 0.1) is 5.92 Å². The molecule has 1 aliphatic carbocycles. The number of nitrogens with zero attached hydrogens (tertiary/aromatic N) is 1. The molecular formula is C17H24N2OS. The minimum absolute atomic E-state index is 0.0590. The molecule has 0 bridgehead atoms. The van der Waals surface area contributed by atoms with Gasteiger partial charge in [0.25, 0.3) is 0 Å². The van der Waals surface area contributed by atoms with Crippen LogP contribution in [0.2, 0.25) is 0 Å². The average Bonchev–Trinajstić information content (AvgIpc) is 2.89. The number of hydrogen-bond acceptors (Lipinski definition) is 3. The Balaban J connectivity index is 1.81. The molecule has 3 atom stereocenters. The molecule has 114 valence electrons. The third kappa shape index (κ3) is 3.11. The number of amides is 1. The molecule has 1 aliphatic heterocycles. The van der Waals surface area contributed by atoms with Crippen molar-refractivity contribution in [3.63, 3.8) is 0 Å². The van der Waals surface area contributed by atoms with E-state index in [1.54, 1.807) is 11.8 Å². The zero-order chi connectivity index (χ0) is 14.8. The topological polar surface area (TPSA) is 32.3 Å². The molecule has 4 heteroatoms. The molecule has 1 amide bonds. The highest BCUT2D eigenvalue weighted by molar-refractivity contribution is 7.98. The van der Waals surface area contributed by atoms with Crippen molar-refractivity contribution in [1.29, 1.82) is 0 Å². The number of benzene rings is 1. The van der Waals surface area contributed by atoms with E-state index >= 15 is 0 Å². The van der Waals surface area contributed by atoms with Crippen LogP contribution in [0.25, 0.3) is 0 Å². The molecule has 1 saturated carbocycles. The molecule has 1 aromatic rings. The Morgan fingerprint density at radius 3 is 2.67 bits per heavy atom. The molecule has 2 aliphatic rings. The lowest BCUT2D eigenvalue weighted by atomic mass is 9.86. The van der Waals surface area contributed by atoms with Crippen LogP contribution in [0.15, 0.2) is 29.2 Å². The Hall–Kier alpha value is -1.00. The van der Waals surface area contributed by atoms with Gasteiger partial charge in [-0.25, -0.2) is 0 Å². The number of rotatable bonds is 3. The lowest BCUT2D eigenvalue weighted by Crippen LogP contribution is -2.42. The van der Waals surface area contributed by atoms with Gasteiger partial charge in [-0.15, -0.1) is 11.8 Å². The van der Waals surface area contributed by atoms with Crippen LogP contribution in [0.4, 0.5) is 0 Å². The molecule has 3 rings (SSSR count). The summed E-state index contributed by atoms with van der Waals surface area (Å²) in [6.45, 7) is 2.78. The van der Waals surface area contributed by atoms with Crippen molar-refractivity contribution in [2.24, 2.45) is 5.92 Å². The SMILES string of the molecule is CSc1ccc(C2NCC(=O)N2C2CCCC(C)C2)cc1. The van der Waals surface area contributed by atoms with E-state index in [4.69, 9.17) is 0 Å². The van der Waals surface area contributed by atoms with Gasteiger partial charge in [0, 0.05) is 10.9 Å². The van der Waals surface area contributed by atoms with E-state index in [2.05, 4.69) is 47.7 Å². The van der Waals surface area contributed by atoms with Gasteiger partial charge < -0.3 is 4.90 Å². The molecule has 0 radical (unpaired) electrons. The molecule has 1 N–H and O–H groups in total. The molecule has 0 aromatic heterocycles. The lowest BCUT2D eigenvalue weighted by molar-refractivity contribution is -0.131. The zero-order valence-corrected chi connectivity index (χ0v) is 13.7. The standard InChI is InChI=1S/C17H24N2OS/c1-12-4-3-5-14(10-12)19-16(20)11-18-17(19)13-6-8-15(21-2)9-7-13/h6-9,12,14,17-18H,3-5,10-11H2,1-2H3. The van der Waals surface area contributed by atoms with Crippen LogP contribution in [-0.2, 0) is 4.79 Å². The summed E-state index contributed by atoms with van der Waals surface area (Å²) in [5, 5.41) is 3.39. The van der Waals surface area contributed by atoms with Crippen LogP contribution < -0.4 is 5.32 Å². The number of carbonyl (C=O) groups excluding carboxylic acids is 1. The fourth-order valence-electron chi connectivity index (χ4n) is 3.65. The first-order chi connectivity index (χ1) is 10.2. The largest absolute Gasteiger partial charge is 0.319 e. The fourth-order valence-corrected chi connectivity index (χ4v) is 4.06. The third-order valence-electron chi connectivity index (χ3n) is 4.75. The first kappa shape index (κ1) is 14.9. The lowest BCUT2D eigenvalue weighted by Gasteiger charge is -2.37. The van der Waals surface area contributed by atoms with Gasteiger partial charge in [-0.05, 0) is 42.7 Å². The van der Waals surface area contributed by atoms with Gasteiger partial charge in [0.15, 0.2) is 0 Å². The van der Waals surface area contributed by atoms with Gasteiger partial charge in [0.05, 0.1) is 6.54 Å². The van der Waals surface area contributed by atoms with E-state index in [1.807, 2.05) is 0 Å². The molecular weight excluding hydrogens is 280 g/mol. The molecule has 1 aromatic carbocycles. The van der Waals surface area contributed by atoms with Crippen molar-refractivity contribution < 1.29 is 4.79 Å². The number of hydrogen-bond donors (Lipinski definition) is 1. The van der Waals surface area contributed by atoms with Gasteiger partial charge in [-0.1, -0.05) is 31.9 Å². The average molecular weight is 304 g/mol. The van der Waals surface area contributed by atoms with Crippen LogP contribution in [0.3, 0.4) is 0 Å². The van der Waals surface area contributed by atoms with Crippen LogP contribution >= 0.6 is 11.8 Å². The van der Waals surface area contributed by atoms with Gasteiger partial charge in [0.2, 0.25) is 5.91 Å². The fraction of sp³-hybridized carbons (Fsp3) is 0.588. The molecule has 21 heavy (non-hydrogen) atoms. The van der Waals surface area contributed by atoms with Crippen molar-refractivity contribution in [2.45, 2.75) is 49.7 Å². The molecule has 2 fully saturated rings. The van der Waals surface area contributed by atoms with Gasteiger partial charge in [0.1, 0.15) is 6.17 Å². The van der Waals surface area contributed by atoms with Crippen LogP contribution in [-0.4, -0.2) is 29.6 Å². The minimum atomic E-state index is 0.0590. The van der Waals surface area contributed by atoms with Crippen molar-refractivity contribution >= 4 is 17.7 Å². The van der Waals surface area contributed by atoms with Crippen molar-refractivity contribution in [3.05, 3.63) is 29.8 Å². The smallest absolute Gasteiger partial charge is 0.238 e. The number of carbonyl (C=O) groups is 1. The summed E-state index contributed by atoms with van der Waals surface area (Å²) in [6.07, 6.45) is 6.99. The maximum absolute atomic E-state index is 12.3. The second-order valence-electron chi connectivity index (χ2n) is 6.28. The molecule has 1 heterocycles. The molecule has 0 spiro atoms. The van der Waals surface area contributed by atoms with E-state index in [-0.39, 0.29) is 12.1 Å². The zero-order valence-electron chi connectivity index (χ0n) is 12.8. The summed E-state index contributed by atoms with van der Waals surface area (Å²) >= 11 is 1.75. The minimum Gasteiger partial charge on any atom is -0.319 e. The van der Waals surface area contributed by atoms with Crippen LogP contribution in [0.1, 0.15) is 44.3 Å². The maximum Gasteiger partial charge on any atom is 0.238 e. The van der Waals surface area contributed by atoms with E-state index < -0.39 is 0 Å².